The van der Waals surface area contributed by atoms with Crippen LogP contribution >= 0.6 is 11.3 Å². The number of thiophene rings is 1. The van der Waals surface area contributed by atoms with Crippen molar-refractivity contribution in [1.29, 1.82) is 0 Å². The van der Waals surface area contributed by atoms with Crippen molar-refractivity contribution in [3.63, 3.8) is 0 Å². The van der Waals surface area contributed by atoms with Gasteiger partial charge in [-0.05, 0) is 19.1 Å². The minimum absolute atomic E-state index is 0.0843. The molecule has 5 nitrogen and oxygen atoms in total. The second-order valence-electron chi connectivity index (χ2n) is 5.15. The van der Waals surface area contributed by atoms with Gasteiger partial charge in [0.1, 0.15) is 0 Å². The average molecular weight is 316 g/mol. The fourth-order valence-corrected chi connectivity index (χ4v) is 2.68. The van der Waals surface area contributed by atoms with Gasteiger partial charge in [-0.1, -0.05) is 13.8 Å². The molecule has 0 fully saturated rings. The summed E-state index contributed by atoms with van der Waals surface area (Å²) in [5.74, 6) is -0.707. The van der Waals surface area contributed by atoms with E-state index in [9.17, 15) is 14.4 Å². The van der Waals surface area contributed by atoms with E-state index in [4.69, 9.17) is 0 Å². The third-order valence-corrected chi connectivity index (χ3v) is 4.02. The van der Waals surface area contributed by atoms with Crippen molar-refractivity contribution in [3.8, 4) is 0 Å². The molecule has 6 heteroatoms. The number of rotatable bonds is 5. The van der Waals surface area contributed by atoms with Gasteiger partial charge in [-0.2, -0.15) is 0 Å². The zero-order valence-corrected chi connectivity index (χ0v) is 13.4. The normalized spacial score (nSPS) is 10.5. The summed E-state index contributed by atoms with van der Waals surface area (Å²) in [6, 6.07) is 3.14. The first-order chi connectivity index (χ1) is 10.4. The lowest BCUT2D eigenvalue weighted by Gasteiger charge is -2.10. The number of ketones is 2. The number of nitrogens with zero attached hydrogens (tertiary/aromatic N) is 1. The van der Waals surface area contributed by atoms with Crippen molar-refractivity contribution in [2.24, 2.45) is 5.92 Å². The fraction of sp³-hybridized carbons (Fsp3) is 0.250. The van der Waals surface area contributed by atoms with Crippen LogP contribution in [0.2, 0.25) is 0 Å². The maximum Gasteiger partial charge on any atom is 0.265 e. The quantitative estimate of drug-likeness (QED) is 0.857. The number of nitrogens with one attached hydrogen (secondary N) is 1. The third kappa shape index (κ3) is 3.46. The SMILES string of the molecule is CC(=O)c1csc(C(=O)Nc2ccncc2C(=O)C(C)C)c1. The number of aromatic nitrogens is 1. The zero-order valence-electron chi connectivity index (χ0n) is 12.5. The first-order valence-electron chi connectivity index (χ1n) is 6.79. The van der Waals surface area contributed by atoms with Gasteiger partial charge in [-0.15, -0.1) is 11.3 Å². The van der Waals surface area contributed by atoms with E-state index in [2.05, 4.69) is 10.3 Å². The molecule has 22 heavy (non-hydrogen) atoms. The van der Waals surface area contributed by atoms with E-state index in [0.29, 0.717) is 21.7 Å². The van der Waals surface area contributed by atoms with Gasteiger partial charge in [-0.25, -0.2) is 0 Å². The molecule has 114 valence electrons. The Morgan fingerprint density at radius 2 is 2.00 bits per heavy atom. The number of anilines is 1. The highest BCUT2D eigenvalue weighted by Gasteiger charge is 2.18. The van der Waals surface area contributed by atoms with Crippen LogP contribution in [0.1, 0.15) is 51.2 Å². The van der Waals surface area contributed by atoms with E-state index < -0.39 is 0 Å². The number of Topliss-reactive ketones (excluding diaryl/α,β-unsaturated/α-hetero) is 2. The Morgan fingerprint density at radius 1 is 1.27 bits per heavy atom. The molecule has 2 aromatic heterocycles. The lowest BCUT2D eigenvalue weighted by Crippen LogP contribution is -2.16. The van der Waals surface area contributed by atoms with Gasteiger partial charge in [-0.3, -0.25) is 19.4 Å². The van der Waals surface area contributed by atoms with Crippen LogP contribution in [0, 0.1) is 5.92 Å². The molecule has 0 saturated carbocycles. The minimum Gasteiger partial charge on any atom is -0.320 e. The first kappa shape index (κ1) is 16.0. The smallest absolute Gasteiger partial charge is 0.265 e. The van der Waals surface area contributed by atoms with Crippen LogP contribution in [0.4, 0.5) is 5.69 Å². The van der Waals surface area contributed by atoms with Crippen molar-refractivity contribution in [1.82, 2.24) is 4.98 Å². The molecule has 0 bridgehead atoms. The average Bonchev–Trinajstić information content (AvgIpc) is 2.97. The van der Waals surface area contributed by atoms with E-state index in [1.165, 1.54) is 30.7 Å². The molecule has 2 aromatic rings. The summed E-state index contributed by atoms with van der Waals surface area (Å²) in [6.07, 6.45) is 2.97. The number of hydrogen-bond donors (Lipinski definition) is 1. The van der Waals surface area contributed by atoms with Crippen LogP contribution in [-0.2, 0) is 0 Å². The topological polar surface area (TPSA) is 76.1 Å². The second kappa shape index (κ2) is 6.62. The van der Waals surface area contributed by atoms with E-state index in [-0.39, 0.29) is 23.4 Å². The Hall–Kier alpha value is -2.34. The van der Waals surface area contributed by atoms with Crippen molar-refractivity contribution in [2.75, 3.05) is 5.32 Å². The van der Waals surface area contributed by atoms with Crippen molar-refractivity contribution >= 4 is 34.5 Å². The Labute approximate surface area is 132 Å². The number of pyridine rings is 1. The Bertz CT molecular complexity index is 734. The molecule has 0 atom stereocenters. The predicted molar refractivity (Wildman–Crippen MR) is 85.7 cm³/mol. The molecule has 0 aliphatic carbocycles. The molecule has 1 N–H and O–H groups in total. The standard InChI is InChI=1S/C16H16N2O3S/c1-9(2)15(20)12-7-17-5-4-13(12)18-16(21)14-6-11(8-22-14)10(3)19/h4-9H,1-3H3,(H,17,18,21). The fourth-order valence-electron chi connectivity index (χ4n) is 1.83. The molecular weight excluding hydrogens is 300 g/mol. The summed E-state index contributed by atoms with van der Waals surface area (Å²) in [7, 11) is 0. The van der Waals surface area contributed by atoms with Gasteiger partial charge in [0.05, 0.1) is 16.1 Å². The lowest BCUT2D eigenvalue weighted by atomic mass is 10.0. The molecule has 1 amide bonds. The summed E-state index contributed by atoms with van der Waals surface area (Å²) in [4.78, 5) is 40.0. The third-order valence-electron chi connectivity index (χ3n) is 3.09. The molecule has 0 radical (unpaired) electrons. The highest BCUT2D eigenvalue weighted by molar-refractivity contribution is 7.12. The molecule has 0 aliphatic heterocycles. The summed E-state index contributed by atoms with van der Waals surface area (Å²) in [5.41, 5.74) is 1.31. The summed E-state index contributed by atoms with van der Waals surface area (Å²) in [6.45, 7) is 5.03. The monoisotopic (exact) mass is 316 g/mol. The number of hydrogen-bond acceptors (Lipinski definition) is 5. The van der Waals surface area contributed by atoms with Gasteiger partial charge >= 0.3 is 0 Å². The zero-order chi connectivity index (χ0) is 16.3. The molecule has 2 heterocycles. The van der Waals surface area contributed by atoms with Crippen molar-refractivity contribution in [3.05, 3.63) is 45.9 Å². The Morgan fingerprint density at radius 3 is 2.59 bits per heavy atom. The summed E-state index contributed by atoms with van der Waals surface area (Å²) < 4.78 is 0. The molecule has 0 aromatic carbocycles. The molecular formula is C16H16N2O3S. The van der Waals surface area contributed by atoms with Crippen molar-refractivity contribution in [2.45, 2.75) is 20.8 Å². The molecule has 0 saturated heterocycles. The highest BCUT2D eigenvalue weighted by Crippen LogP contribution is 2.21. The maximum atomic E-state index is 12.3. The lowest BCUT2D eigenvalue weighted by molar-refractivity contribution is 0.0939. The first-order valence-corrected chi connectivity index (χ1v) is 7.67. The number of carbonyl (C=O) groups is 3. The molecule has 0 spiro atoms. The van der Waals surface area contributed by atoms with E-state index >= 15 is 0 Å². The predicted octanol–water partition coefficient (Wildman–Crippen LogP) is 3.44. The number of amides is 1. The van der Waals surface area contributed by atoms with Crippen LogP contribution in [0.25, 0.3) is 0 Å². The van der Waals surface area contributed by atoms with Crippen molar-refractivity contribution < 1.29 is 14.4 Å². The maximum absolute atomic E-state index is 12.3. The van der Waals surface area contributed by atoms with Crippen LogP contribution < -0.4 is 5.32 Å². The number of carbonyl (C=O) groups excluding carboxylic acids is 3. The van der Waals surface area contributed by atoms with Crippen LogP contribution in [0.5, 0.6) is 0 Å². The van der Waals surface area contributed by atoms with Crippen LogP contribution in [0.15, 0.2) is 29.9 Å². The van der Waals surface area contributed by atoms with E-state index in [0.717, 1.165) is 0 Å². The van der Waals surface area contributed by atoms with Gasteiger partial charge in [0.15, 0.2) is 11.6 Å². The largest absolute Gasteiger partial charge is 0.320 e. The van der Waals surface area contributed by atoms with Gasteiger partial charge in [0, 0.05) is 29.3 Å². The second-order valence-corrected chi connectivity index (χ2v) is 6.06. The molecule has 2 rings (SSSR count). The van der Waals surface area contributed by atoms with Gasteiger partial charge in [0.2, 0.25) is 0 Å². The van der Waals surface area contributed by atoms with Gasteiger partial charge < -0.3 is 5.32 Å². The Balaban J connectivity index is 2.25. The summed E-state index contributed by atoms with van der Waals surface area (Å²) >= 11 is 1.19. The Kier molecular flexibility index (Phi) is 4.82. The molecule has 0 unspecified atom stereocenters. The highest BCUT2D eigenvalue weighted by atomic mass is 32.1. The van der Waals surface area contributed by atoms with E-state index in [1.807, 2.05) is 0 Å². The van der Waals surface area contributed by atoms with Gasteiger partial charge in [0.25, 0.3) is 5.91 Å². The van der Waals surface area contributed by atoms with Crippen LogP contribution in [-0.4, -0.2) is 22.5 Å². The summed E-state index contributed by atoms with van der Waals surface area (Å²) in [5, 5.41) is 4.36. The molecule has 0 aliphatic rings. The van der Waals surface area contributed by atoms with Crippen LogP contribution in [0.3, 0.4) is 0 Å². The minimum atomic E-state index is -0.346. The van der Waals surface area contributed by atoms with E-state index in [1.54, 1.807) is 31.4 Å².